The molecule has 0 radical (unpaired) electrons. The van der Waals surface area contributed by atoms with E-state index in [1.807, 2.05) is 0 Å². The van der Waals surface area contributed by atoms with E-state index in [4.69, 9.17) is 9.84 Å². The van der Waals surface area contributed by atoms with Crippen LogP contribution in [0.4, 0.5) is 0 Å². The molecule has 0 aliphatic carbocycles. The van der Waals surface area contributed by atoms with Crippen molar-refractivity contribution >= 4 is 17.7 Å². The van der Waals surface area contributed by atoms with Gasteiger partial charge in [0.2, 0.25) is 5.91 Å². The van der Waals surface area contributed by atoms with Gasteiger partial charge in [-0.05, 0) is 44.5 Å². The van der Waals surface area contributed by atoms with Gasteiger partial charge in [-0.1, -0.05) is 0 Å². The highest BCUT2D eigenvalue weighted by atomic mass is 16.5. The van der Waals surface area contributed by atoms with E-state index in [2.05, 4.69) is 5.32 Å². The third-order valence-corrected chi connectivity index (χ3v) is 3.53. The molecule has 2 N–H and O–H groups in total. The molecule has 0 aliphatic heterocycles. The third-order valence-electron chi connectivity index (χ3n) is 3.53. The minimum absolute atomic E-state index is 0.0358. The number of hydrogen-bond acceptors (Lipinski definition) is 4. The van der Waals surface area contributed by atoms with Crippen LogP contribution < -0.4 is 10.1 Å². The van der Waals surface area contributed by atoms with Gasteiger partial charge in [-0.25, -0.2) is 0 Å². The summed E-state index contributed by atoms with van der Waals surface area (Å²) < 4.78 is 5.03. The average Bonchev–Trinajstić information content (AvgIpc) is 2.52. The number of amides is 1. The van der Waals surface area contributed by atoms with Crippen molar-refractivity contribution in [2.75, 3.05) is 13.7 Å². The van der Waals surface area contributed by atoms with Crippen molar-refractivity contribution in [1.82, 2.24) is 5.32 Å². The summed E-state index contributed by atoms with van der Waals surface area (Å²) in [5.74, 6) is -0.567. The number of ether oxygens (including phenoxy) is 1. The molecule has 1 rings (SSSR count). The maximum absolute atomic E-state index is 12.0. The highest BCUT2D eigenvalue weighted by molar-refractivity contribution is 5.96. The maximum Gasteiger partial charge on any atom is 0.310 e. The fourth-order valence-corrected chi connectivity index (χ4v) is 1.81. The predicted octanol–water partition coefficient (Wildman–Crippen LogP) is 2.28. The van der Waals surface area contributed by atoms with Crippen LogP contribution in [0.25, 0.3) is 0 Å². The molecular formula is C17H23NO5. The molecule has 0 aliphatic rings. The maximum atomic E-state index is 12.0. The molecule has 0 bridgehead atoms. The predicted molar refractivity (Wildman–Crippen MR) is 85.6 cm³/mol. The highest BCUT2D eigenvalue weighted by Crippen LogP contribution is 2.15. The Kier molecular flexibility index (Phi) is 6.75. The molecule has 1 aromatic carbocycles. The SMILES string of the molecule is COc1ccc(C(=O)CCCC(=O)NCC(C)(C)C(=O)O)cc1. The van der Waals surface area contributed by atoms with E-state index >= 15 is 0 Å². The van der Waals surface area contributed by atoms with E-state index in [1.54, 1.807) is 45.2 Å². The van der Waals surface area contributed by atoms with Gasteiger partial charge < -0.3 is 15.2 Å². The highest BCUT2D eigenvalue weighted by Gasteiger charge is 2.27. The second kappa shape index (κ2) is 8.31. The Morgan fingerprint density at radius 3 is 2.26 bits per heavy atom. The van der Waals surface area contributed by atoms with Gasteiger partial charge in [-0.15, -0.1) is 0 Å². The van der Waals surface area contributed by atoms with Gasteiger partial charge in [0.1, 0.15) is 5.75 Å². The van der Waals surface area contributed by atoms with Crippen LogP contribution in [0.1, 0.15) is 43.5 Å². The molecule has 0 fully saturated rings. The van der Waals surface area contributed by atoms with Crippen LogP contribution in [0.15, 0.2) is 24.3 Å². The number of rotatable bonds is 9. The second-order valence-corrected chi connectivity index (χ2v) is 5.97. The van der Waals surface area contributed by atoms with E-state index in [-0.39, 0.29) is 31.1 Å². The van der Waals surface area contributed by atoms with Gasteiger partial charge >= 0.3 is 5.97 Å². The zero-order valence-electron chi connectivity index (χ0n) is 13.7. The van der Waals surface area contributed by atoms with Gasteiger partial charge in [-0.3, -0.25) is 14.4 Å². The van der Waals surface area contributed by atoms with Crippen LogP contribution in [0.3, 0.4) is 0 Å². The van der Waals surface area contributed by atoms with Crippen molar-refractivity contribution in [2.24, 2.45) is 5.41 Å². The second-order valence-electron chi connectivity index (χ2n) is 5.97. The van der Waals surface area contributed by atoms with Crippen molar-refractivity contribution in [2.45, 2.75) is 33.1 Å². The van der Waals surface area contributed by atoms with Crippen LogP contribution in [0, 0.1) is 5.41 Å². The van der Waals surface area contributed by atoms with Gasteiger partial charge in [0.05, 0.1) is 12.5 Å². The minimum Gasteiger partial charge on any atom is -0.497 e. The number of ketones is 1. The van der Waals surface area contributed by atoms with Crippen molar-refractivity contribution in [3.05, 3.63) is 29.8 Å². The molecule has 126 valence electrons. The molecular weight excluding hydrogens is 298 g/mol. The Balaban J connectivity index is 2.34. The Morgan fingerprint density at radius 1 is 1.13 bits per heavy atom. The summed E-state index contributed by atoms with van der Waals surface area (Å²) in [5.41, 5.74) is -0.424. The zero-order valence-corrected chi connectivity index (χ0v) is 13.7. The van der Waals surface area contributed by atoms with E-state index in [0.29, 0.717) is 17.7 Å². The van der Waals surface area contributed by atoms with Crippen molar-refractivity contribution in [3.8, 4) is 5.75 Å². The van der Waals surface area contributed by atoms with Gasteiger partial charge in [0.15, 0.2) is 5.78 Å². The summed E-state index contributed by atoms with van der Waals surface area (Å²) in [4.78, 5) is 34.6. The largest absolute Gasteiger partial charge is 0.497 e. The molecule has 0 heterocycles. The average molecular weight is 321 g/mol. The molecule has 0 saturated carbocycles. The zero-order chi connectivity index (χ0) is 17.5. The summed E-state index contributed by atoms with van der Waals surface area (Å²) in [7, 11) is 1.56. The topological polar surface area (TPSA) is 92.7 Å². The molecule has 0 unspecified atom stereocenters. The number of aliphatic carboxylic acids is 1. The van der Waals surface area contributed by atoms with E-state index in [1.165, 1.54) is 0 Å². The molecule has 0 spiro atoms. The number of benzene rings is 1. The Morgan fingerprint density at radius 2 is 1.74 bits per heavy atom. The number of nitrogens with one attached hydrogen (secondary N) is 1. The summed E-state index contributed by atoms with van der Waals surface area (Å²) in [5, 5.41) is 11.5. The standard InChI is InChI=1S/C17H23NO5/c1-17(2,16(21)22)11-18-15(20)6-4-5-14(19)12-7-9-13(23-3)10-8-12/h7-10H,4-6,11H2,1-3H3,(H,18,20)(H,21,22). The number of carboxylic acid groups (broad SMARTS) is 1. The van der Waals surface area contributed by atoms with Crippen LogP contribution >= 0.6 is 0 Å². The first-order valence-corrected chi connectivity index (χ1v) is 7.43. The van der Waals surface area contributed by atoms with Crippen molar-refractivity contribution < 1.29 is 24.2 Å². The van der Waals surface area contributed by atoms with Gasteiger partial charge in [-0.2, -0.15) is 0 Å². The number of carbonyl (C=O) groups excluding carboxylic acids is 2. The monoisotopic (exact) mass is 321 g/mol. The van der Waals surface area contributed by atoms with Crippen LogP contribution in [0.5, 0.6) is 5.75 Å². The Hall–Kier alpha value is -2.37. The van der Waals surface area contributed by atoms with Crippen LogP contribution in [-0.4, -0.2) is 36.4 Å². The number of carboxylic acids is 1. The third kappa shape index (κ3) is 6.10. The molecule has 1 amide bonds. The summed E-state index contributed by atoms with van der Waals surface area (Å²) in [6.07, 6.45) is 0.879. The molecule has 6 nitrogen and oxygen atoms in total. The molecule has 6 heteroatoms. The lowest BCUT2D eigenvalue weighted by molar-refractivity contribution is -0.146. The van der Waals surface area contributed by atoms with Gasteiger partial charge in [0.25, 0.3) is 0 Å². The molecule has 0 atom stereocenters. The molecule has 1 aromatic rings. The quantitative estimate of drug-likeness (QED) is 0.681. The van der Waals surface area contributed by atoms with Crippen molar-refractivity contribution in [3.63, 3.8) is 0 Å². The van der Waals surface area contributed by atoms with Crippen molar-refractivity contribution in [1.29, 1.82) is 0 Å². The van der Waals surface area contributed by atoms with Crippen LogP contribution in [0.2, 0.25) is 0 Å². The van der Waals surface area contributed by atoms with E-state index in [0.717, 1.165) is 0 Å². The molecule has 0 saturated heterocycles. The minimum atomic E-state index is -1.01. The summed E-state index contributed by atoms with van der Waals surface area (Å²) >= 11 is 0. The first-order chi connectivity index (χ1) is 10.8. The molecule has 0 aromatic heterocycles. The van der Waals surface area contributed by atoms with E-state index < -0.39 is 11.4 Å². The first-order valence-electron chi connectivity index (χ1n) is 7.43. The lowest BCUT2D eigenvalue weighted by Gasteiger charge is -2.19. The number of hydrogen-bond donors (Lipinski definition) is 2. The number of methoxy groups -OCH3 is 1. The van der Waals surface area contributed by atoms with Gasteiger partial charge in [0, 0.05) is 24.9 Å². The Bertz CT molecular complexity index is 563. The number of Topliss-reactive ketones (excluding diaryl/α,β-unsaturated/α-hetero) is 1. The lowest BCUT2D eigenvalue weighted by atomic mass is 9.94. The van der Waals surface area contributed by atoms with E-state index in [9.17, 15) is 14.4 Å². The normalized spacial score (nSPS) is 10.9. The lowest BCUT2D eigenvalue weighted by Crippen LogP contribution is -2.38. The number of carbonyl (C=O) groups is 3. The fourth-order valence-electron chi connectivity index (χ4n) is 1.81. The smallest absolute Gasteiger partial charge is 0.310 e. The van der Waals surface area contributed by atoms with Crippen LogP contribution in [-0.2, 0) is 9.59 Å². The summed E-state index contributed by atoms with van der Waals surface area (Å²) in [6, 6.07) is 6.81. The fraction of sp³-hybridized carbons (Fsp3) is 0.471. The Labute approximate surface area is 135 Å². The summed E-state index contributed by atoms with van der Waals surface area (Å²) in [6.45, 7) is 3.15. The first kappa shape index (κ1) is 18.7. The molecule has 23 heavy (non-hydrogen) atoms.